The molecular formula is C12H15Br2N3O. The molecule has 6 heteroatoms. The maximum atomic E-state index is 11.9. The lowest BCUT2D eigenvalue weighted by Crippen LogP contribution is -2.37. The SMILES string of the molecule is O=C(CN1CCCCC1)Nc1ncc(Br)cc1Br. The quantitative estimate of drug-likeness (QED) is 0.881. The Morgan fingerprint density at radius 3 is 2.72 bits per heavy atom. The van der Waals surface area contributed by atoms with Crippen molar-refractivity contribution in [2.75, 3.05) is 25.0 Å². The second kappa shape index (κ2) is 6.63. The Labute approximate surface area is 123 Å². The van der Waals surface area contributed by atoms with Crippen molar-refractivity contribution in [1.29, 1.82) is 0 Å². The van der Waals surface area contributed by atoms with Crippen LogP contribution in [0.2, 0.25) is 0 Å². The summed E-state index contributed by atoms with van der Waals surface area (Å²) in [5.41, 5.74) is 0. The molecule has 0 spiro atoms. The van der Waals surface area contributed by atoms with E-state index in [0.717, 1.165) is 22.0 Å². The van der Waals surface area contributed by atoms with Crippen molar-refractivity contribution in [3.8, 4) is 0 Å². The number of carbonyl (C=O) groups is 1. The highest BCUT2D eigenvalue weighted by Gasteiger charge is 2.14. The van der Waals surface area contributed by atoms with Crippen LogP contribution in [0.15, 0.2) is 21.2 Å². The summed E-state index contributed by atoms with van der Waals surface area (Å²) in [6.07, 6.45) is 5.32. The Bertz CT molecular complexity index is 433. The Hall–Kier alpha value is -0.460. The maximum absolute atomic E-state index is 11.9. The van der Waals surface area contributed by atoms with Crippen molar-refractivity contribution < 1.29 is 4.79 Å². The molecule has 0 aliphatic carbocycles. The largest absolute Gasteiger partial charge is 0.309 e. The Kier molecular flexibility index (Phi) is 5.14. The van der Waals surface area contributed by atoms with Gasteiger partial charge in [-0.15, -0.1) is 0 Å². The molecular weight excluding hydrogens is 362 g/mol. The Balaban J connectivity index is 1.90. The molecule has 1 fully saturated rings. The minimum atomic E-state index is -0.00702. The lowest BCUT2D eigenvalue weighted by atomic mass is 10.1. The Morgan fingerprint density at radius 2 is 2.06 bits per heavy atom. The lowest BCUT2D eigenvalue weighted by Gasteiger charge is -2.25. The van der Waals surface area contributed by atoms with Crippen molar-refractivity contribution in [3.05, 3.63) is 21.2 Å². The molecule has 0 unspecified atom stereocenters. The van der Waals surface area contributed by atoms with Crippen molar-refractivity contribution in [1.82, 2.24) is 9.88 Å². The summed E-state index contributed by atoms with van der Waals surface area (Å²) in [6.45, 7) is 2.48. The van der Waals surface area contributed by atoms with Gasteiger partial charge < -0.3 is 5.32 Å². The number of anilines is 1. The van der Waals surface area contributed by atoms with Crippen molar-refractivity contribution >= 4 is 43.6 Å². The second-order valence-corrected chi connectivity index (χ2v) is 6.14. The number of rotatable bonds is 3. The molecule has 1 aliphatic rings. The van der Waals surface area contributed by atoms with E-state index in [2.05, 4.69) is 47.1 Å². The van der Waals surface area contributed by atoms with Gasteiger partial charge in [-0.2, -0.15) is 0 Å². The van der Waals surface area contributed by atoms with Crippen molar-refractivity contribution in [2.45, 2.75) is 19.3 Å². The second-order valence-electron chi connectivity index (χ2n) is 4.37. The molecule has 0 saturated carbocycles. The highest BCUT2D eigenvalue weighted by atomic mass is 79.9. The molecule has 98 valence electrons. The molecule has 4 nitrogen and oxygen atoms in total. The first-order valence-electron chi connectivity index (χ1n) is 5.98. The van der Waals surface area contributed by atoms with E-state index in [4.69, 9.17) is 0 Å². The van der Waals surface area contributed by atoms with E-state index >= 15 is 0 Å². The summed E-state index contributed by atoms with van der Waals surface area (Å²) in [6, 6.07) is 1.86. The number of aromatic nitrogens is 1. The minimum Gasteiger partial charge on any atom is -0.309 e. The summed E-state index contributed by atoms with van der Waals surface area (Å²) in [4.78, 5) is 18.2. The van der Waals surface area contributed by atoms with Crippen LogP contribution in [0, 0.1) is 0 Å². The fourth-order valence-electron chi connectivity index (χ4n) is 2.00. The first kappa shape index (κ1) is 14.0. The van der Waals surface area contributed by atoms with E-state index in [0.29, 0.717) is 12.4 Å². The molecule has 1 saturated heterocycles. The maximum Gasteiger partial charge on any atom is 0.239 e. The number of likely N-dealkylation sites (tertiary alicyclic amines) is 1. The minimum absolute atomic E-state index is 0.00702. The highest BCUT2D eigenvalue weighted by Crippen LogP contribution is 2.23. The highest BCUT2D eigenvalue weighted by molar-refractivity contribution is 9.11. The van der Waals surface area contributed by atoms with Crippen molar-refractivity contribution in [3.63, 3.8) is 0 Å². The zero-order valence-electron chi connectivity index (χ0n) is 9.96. The van der Waals surface area contributed by atoms with Gasteiger partial charge in [-0.05, 0) is 63.9 Å². The van der Waals surface area contributed by atoms with E-state index in [-0.39, 0.29) is 5.91 Å². The molecule has 0 radical (unpaired) electrons. The summed E-state index contributed by atoms with van der Waals surface area (Å²) in [5.74, 6) is 0.563. The summed E-state index contributed by atoms with van der Waals surface area (Å²) < 4.78 is 1.66. The number of halogens is 2. The van der Waals surface area contributed by atoms with Crippen LogP contribution in [0.1, 0.15) is 19.3 Å². The van der Waals surface area contributed by atoms with Crippen LogP contribution >= 0.6 is 31.9 Å². The van der Waals surface area contributed by atoms with E-state index in [1.165, 1.54) is 19.3 Å². The van der Waals surface area contributed by atoms with Crippen molar-refractivity contribution in [2.24, 2.45) is 0 Å². The fraction of sp³-hybridized carbons (Fsp3) is 0.500. The van der Waals surface area contributed by atoms with Gasteiger partial charge in [0.2, 0.25) is 5.91 Å². The van der Waals surface area contributed by atoms with Crippen LogP contribution in [0.4, 0.5) is 5.82 Å². The number of hydrogen-bond acceptors (Lipinski definition) is 3. The van der Waals surface area contributed by atoms with E-state index in [9.17, 15) is 4.79 Å². The number of nitrogens with zero attached hydrogens (tertiary/aromatic N) is 2. The van der Waals surface area contributed by atoms with E-state index in [1.807, 2.05) is 6.07 Å². The van der Waals surface area contributed by atoms with Gasteiger partial charge >= 0.3 is 0 Å². The number of pyridine rings is 1. The van der Waals surface area contributed by atoms with Gasteiger partial charge in [-0.1, -0.05) is 6.42 Å². The topological polar surface area (TPSA) is 45.2 Å². The molecule has 0 aromatic carbocycles. The molecule has 1 aromatic heterocycles. The zero-order chi connectivity index (χ0) is 13.0. The standard InChI is InChI=1S/C12H15Br2N3O/c13-9-6-10(14)12(15-7-9)16-11(18)8-17-4-2-1-3-5-17/h6-7H,1-5,8H2,(H,15,16,18). The number of hydrogen-bond donors (Lipinski definition) is 1. The van der Waals surface area contributed by atoms with Gasteiger partial charge in [-0.25, -0.2) is 4.98 Å². The first-order chi connectivity index (χ1) is 8.65. The van der Waals surface area contributed by atoms with Crippen LogP contribution in [0.5, 0.6) is 0 Å². The first-order valence-corrected chi connectivity index (χ1v) is 7.57. The molecule has 1 N–H and O–H groups in total. The summed E-state index contributed by atoms with van der Waals surface area (Å²) in [7, 11) is 0. The van der Waals surface area contributed by atoms with Gasteiger partial charge in [0, 0.05) is 10.7 Å². The molecule has 1 aliphatic heterocycles. The molecule has 0 bridgehead atoms. The molecule has 1 aromatic rings. The molecule has 1 amide bonds. The van der Waals surface area contributed by atoms with Crippen LogP contribution in [0.3, 0.4) is 0 Å². The number of nitrogens with one attached hydrogen (secondary N) is 1. The number of piperidine rings is 1. The predicted molar refractivity (Wildman–Crippen MR) is 78.6 cm³/mol. The van der Waals surface area contributed by atoms with Crippen LogP contribution in [0.25, 0.3) is 0 Å². The van der Waals surface area contributed by atoms with Crippen LogP contribution in [-0.4, -0.2) is 35.4 Å². The zero-order valence-corrected chi connectivity index (χ0v) is 13.1. The van der Waals surface area contributed by atoms with Crippen LogP contribution < -0.4 is 5.32 Å². The predicted octanol–water partition coefficient (Wildman–Crippen LogP) is 3.03. The van der Waals surface area contributed by atoms with Gasteiger partial charge in [0.05, 0.1) is 11.0 Å². The monoisotopic (exact) mass is 375 g/mol. The smallest absolute Gasteiger partial charge is 0.239 e. The van der Waals surface area contributed by atoms with Gasteiger partial charge in [0.15, 0.2) is 0 Å². The van der Waals surface area contributed by atoms with Gasteiger partial charge in [-0.3, -0.25) is 9.69 Å². The fourth-order valence-corrected chi connectivity index (χ4v) is 3.09. The van der Waals surface area contributed by atoms with E-state index < -0.39 is 0 Å². The number of amides is 1. The third-order valence-electron chi connectivity index (χ3n) is 2.88. The third-order valence-corrected chi connectivity index (χ3v) is 3.92. The molecule has 2 heterocycles. The Morgan fingerprint density at radius 1 is 1.33 bits per heavy atom. The normalized spacial score (nSPS) is 16.6. The lowest BCUT2D eigenvalue weighted by molar-refractivity contribution is -0.117. The van der Waals surface area contributed by atoms with Crippen LogP contribution in [-0.2, 0) is 4.79 Å². The third kappa shape index (κ3) is 4.03. The summed E-state index contributed by atoms with van der Waals surface area (Å²) in [5, 5.41) is 2.83. The number of carbonyl (C=O) groups excluding carboxylic acids is 1. The summed E-state index contributed by atoms with van der Waals surface area (Å²) >= 11 is 6.71. The molecule has 18 heavy (non-hydrogen) atoms. The van der Waals surface area contributed by atoms with Gasteiger partial charge in [0.25, 0.3) is 0 Å². The average Bonchev–Trinajstić information content (AvgIpc) is 2.34. The molecule has 2 rings (SSSR count). The van der Waals surface area contributed by atoms with Gasteiger partial charge in [0.1, 0.15) is 5.82 Å². The average molecular weight is 377 g/mol. The van der Waals surface area contributed by atoms with E-state index in [1.54, 1.807) is 6.20 Å². The molecule has 0 atom stereocenters.